The molecule has 1 aromatic rings. The Bertz CT molecular complexity index is 884. The van der Waals surface area contributed by atoms with Crippen molar-refractivity contribution in [1.29, 1.82) is 0 Å². The van der Waals surface area contributed by atoms with E-state index in [4.69, 9.17) is 0 Å². The molecular weight excluding hydrogens is 390 g/mol. The molecule has 0 unspecified atom stereocenters. The summed E-state index contributed by atoms with van der Waals surface area (Å²) in [5.41, 5.74) is 1.95. The molecule has 0 aromatic heterocycles. The first-order chi connectivity index (χ1) is 13.3. The van der Waals surface area contributed by atoms with E-state index in [2.05, 4.69) is 20.3 Å². The molecule has 2 rings (SSSR count). The summed E-state index contributed by atoms with van der Waals surface area (Å²) in [6, 6.07) is 3.77. The Morgan fingerprint density at radius 3 is 2.17 bits per heavy atom. The second-order valence-electron chi connectivity index (χ2n) is 8.70. The van der Waals surface area contributed by atoms with E-state index in [1.54, 1.807) is 6.21 Å². The van der Waals surface area contributed by atoms with E-state index in [0.29, 0.717) is 5.75 Å². The highest BCUT2D eigenvalue weighted by Crippen LogP contribution is 2.39. The lowest BCUT2D eigenvalue weighted by molar-refractivity contribution is -0.135. The van der Waals surface area contributed by atoms with Gasteiger partial charge in [0.2, 0.25) is 0 Å². The second-order valence-corrected chi connectivity index (χ2v) is 9.73. The van der Waals surface area contributed by atoms with Crippen molar-refractivity contribution in [3.8, 4) is 5.75 Å². The van der Waals surface area contributed by atoms with Crippen LogP contribution in [0.25, 0.3) is 0 Å². The van der Waals surface area contributed by atoms with E-state index in [-0.39, 0.29) is 20.9 Å². The highest BCUT2D eigenvalue weighted by atomic mass is 32.2. The number of esters is 1. The minimum absolute atomic E-state index is 0.195. The van der Waals surface area contributed by atoms with Gasteiger partial charge in [-0.3, -0.25) is 10.1 Å². The highest BCUT2D eigenvalue weighted by Gasteiger charge is 2.27. The summed E-state index contributed by atoms with van der Waals surface area (Å²) >= 11 is 1.01. The van der Waals surface area contributed by atoms with E-state index < -0.39 is 11.9 Å². The van der Waals surface area contributed by atoms with Crippen molar-refractivity contribution in [3.63, 3.8) is 0 Å². The third kappa shape index (κ3) is 5.69. The van der Waals surface area contributed by atoms with Crippen LogP contribution in [-0.4, -0.2) is 35.5 Å². The lowest BCUT2D eigenvalue weighted by Crippen LogP contribution is -2.19. The average molecular weight is 418 g/mol. The molecule has 0 saturated carbocycles. The Morgan fingerprint density at radius 2 is 1.69 bits per heavy atom. The second kappa shape index (κ2) is 8.41. The molecule has 1 aromatic carbocycles. The highest BCUT2D eigenvalue weighted by molar-refractivity contribution is 8.18. The van der Waals surface area contributed by atoms with Crippen LogP contribution in [0.2, 0.25) is 0 Å². The first-order valence-corrected chi connectivity index (χ1v) is 9.92. The largest absolute Gasteiger partial charge is 0.507 e. The lowest BCUT2D eigenvalue weighted by atomic mass is 9.78. The molecule has 0 aliphatic carbocycles. The van der Waals surface area contributed by atoms with Crippen molar-refractivity contribution < 1.29 is 19.4 Å². The van der Waals surface area contributed by atoms with Gasteiger partial charge < -0.3 is 9.84 Å². The molecule has 1 amide bonds. The van der Waals surface area contributed by atoms with Crippen LogP contribution < -0.4 is 5.32 Å². The smallest absolute Gasteiger partial charge is 0.331 e. The minimum atomic E-state index is -0.610. The maximum atomic E-state index is 11.8. The van der Waals surface area contributed by atoms with Crippen LogP contribution in [0, 0.1) is 0 Å². The molecule has 1 aliphatic heterocycles. The number of benzene rings is 1. The quantitative estimate of drug-likeness (QED) is 0.339. The first-order valence-electron chi connectivity index (χ1n) is 9.11. The van der Waals surface area contributed by atoms with Crippen molar-refractivity contribution in [3.05, 3.63) is 39.8 Å². The SMILES string of the molecule is COC(=O)/C=C1/S/C(=N\N=Cc2cc(C(C)(C)C)c(O)c(C(C)(C)C)c2)NC1=O. The zero-order chi connectivity index (χ0) is 22.0. The molecule has 0 spiro atoms. The van der Waals surface area contributed by atoms with Crippen molar-refractivity contribution in [2.24, 2.45) is 10.2 Å². The van der Waals surface area contributed by atoms with Gasteiger partial charge in [0, 0.05) is 17.2 Å². The molecule has 1 saturated heterocycles. The summed E-state index contributed by atoms with van der Waals surface area (Å²) in [5.74, 6) is -0.741. The maximum Gasteiger partial charge on any atom is 0.331 e. The van der Waals surface area contributed by atoms with Gasteiger partial charge >= 0.3 is 5.97 Å². The van der Waals surface area contributed by atoms with Crippen molar-refractivity contribution >= 4 is 35.0 Å². The van der Waals surface area contributed by atoms with Gasteiger partial charge in [0.25, 0.3) is 5.91 Å². The minimum Gasteiger partial charge on any atom is -0.507 e. The number of hydrogen-bond donors (Lipinski definition) is 2. The lowest BCUT2D eigenvalue weighted by Gasteiger charge is -2.27. The standard InChI is InChI=1S/C21H27N3O4S/c1-20(2,3)13-8-12(9-14(17(13)26)21(4,5)6)11-22-24-19-23-18(27)15(29-19)10-16(25)28-7/h8-11,26H,1-7H3,(H,23,24,27)/b15-10+,22-11?. The van der Waals surface area contributed by atoms with Gasteiger partial charge in [0.05, 0.1) is 18.2 Å². The average Bonchev–Trinajstić information content (AvgIpc) is 2.93. The van der Waals surface area contributed by atoms with E-state index in [0.717, 1.165) is 34.5 Å². The molecule has 7 nitrogen and oxygen atoms in total. The Hall–Kier alpha value is -2.61. The summed E-state index contributed by atoms with van der Waals surface area (Å²) in [7, 11) is 1.24. The number of hydrogen-bond acceptors (Lipinski definition) is 7. The number of phenols is 1. The molecular formula is C21H27N3O4S. The number of amides is 1. The summed E-state index contributed by atoms with van der Waals surface area (Å²) in [6.45, 7) is 12.2. The molecule has 29 heavy (non-hydrogen) atoms. The van der Waals surface area contributed by atoms with Crippen LogP contribution in [0.4, 0.5) is 0 Å². The molecule has 2 N–H and O–H groups in total. The van der Waals surface area contributed by atoms with Crippen LogP contribution in [0.1, 0.15) is 58.2 Å². The number of phenolic OH excluding ortho intramolecular Hbond substituents is 1. The van der Waals surface area contributed by atoms with E-state index >= 15 is 0 Å². The van der Waals surface area contributed by atoms with Crippen LogP contribution in [0.15, 0.2) is 33.3 Å². The zero-order valence-electron chi connectivity index (χ0n) is 17.8. The number of methoxy groups -OCH3 is 1. The van der Waals surface area contributed by atoms with Gasteiger partial charge in [-0.25, -0.2) is 4.79 Å². The van der Waals surface area contributed by atoms with Crippen LogP contribution in [0.5, 0.6) is 5.75 Å². The Kier molecular flexibility index (Phi) is 6.57. The van der Waals surface area contributed by atoms with Crippen LogP contribution in [-0.2, 0) is 25.2 Å². The number of amidine groups is 1. The number of carbonyl (C=O) groups excluding carboxylic acids is 2. The van der Waals surface area contributed by atoms with Gasteiger partial charge in [-0.1, -0.05) is 41.5 Å². The molecule has 0 bridgehead atoms. The third-order valence-corrected chi connectivity index (χ3v) is 5.10. The number of ether oxygens (including phenoxy) is 1. The zero-order valence-corrected chi connectivity index (χ0v) is 18.6. The molecule has 1 heterocycles. The number of rotatable bonds is 3. The summed E-state index contributed by atoms with van der Waals surface area (Å²) < 4.78 is 4.52. The Balaban J connectivity index is 2.34. The van der Waals surface area contributed by atoms with Crippen molar-refractivity contribution in [2.45, 2.75) is 52.4 Å². The number of nitrogens with zero attached hydrogens (tertiary/aromatic N) is 2. The first kappa shape index (κ1) is 22.7. The van der Waals surface area contributed by atoms with Gasteiger partial charge in [0.15, 0.2) is 5.17 Å². The summed E-state index contributed by atoms with van der Waals surface area (Å²) in [5, 5.41) is 21.7. The monoisotopic (exact) mass is 417 g/mol. The Labute approximate surface area is 175 Å². The van der Waals surface area contributed by atoms with E-state index in [1.807, 2.05) is 53.7 Å². The number of thioether (sulfide) groups is 1. The predicted molar refractivity (Wildman–Crippen MR) is 116 cm³/mol. The fourth-order valence-electron chi connectivity index (χ4n) is 2.66. The number of aromatic hydroxyl groups is 1. The fourth-order valence-corrected chi connectivity index (χ4v) is 3.40. The maximum absolute atomic E-state index is 11.8. The van der Waals surface area contributed by atoms with Gasteiger partial charge in [-0.05, 0) is 40.3 Å². The molecule has 1 fully saturated rings. The van der Waals surface area contributed by atoms with Crippen LogP contribution >= 0.6 is 11.8 Å². The van der Waals surface area contributed by atoms with E-state index in [1.165, 1.54) is 7.11 Å². The normalized spacial score (nSPS) is 18.0. The molecule has 156 valence electrons. The number of nitrogens with one attached hydrogen (secondary N) is 1. The topological polar surface area (TPSA) is 100 Å². The van der Waals surface area contributed by atoms with Crippen molar-refractivity contribution in [1.82, 2.24) is 5.32 Å². The van der Waals surface area contributed by atoms with Crippen molar-refractivity contribution in [2.75, 3.05) is 7.11 Å². The Morgan fingerprint density at radius 1 is 1.14 bits per heavy atom. The predicted octanol–water partition coefficient (Wildman–Crippen LogP) is 3.60. The molecule has 0 radical (unpaired) electrons. The number of carbonyl (C=O) groups is 2. The van der Waals surface area contributed by atoms with E-state index in [9.17, 15) is 14.7 Å². The summed E-state index contributed by atoms with van der Waals surface area (Å²) in [4.78, 5) is 23.3. The summed E-state index contributed by atoms with van der Waals surface area (Å²) in [6.07, 6.45) is 2.68. The molecule has 8 heteroatoms. The molecule has 0 atom stereocenters. The molecule has 1 aliphatic rings. The fraction of sp³-hybridized carbons (Fsp3) is 0.429. The third-order valence-electron chi connectivity index (χ3n) is 4.20. The van der Waals surface area contributed by atoms with Gasteiger partial charge in [0.1, 0.15) is 5.75 Å². The van der Waals surface area contributed by atoms with Gasteiger partial charge in [-0.2, -0.15) is 5.10 Å². The van der Waals surface area contributed by atoms with Gasteiger partial charge in [-0.15, -0.1) is 5.10 Å². The van der Waals surface area contributed by atoms with Crippen LogP contribution in [0.3, 0.4) is 0 Å².